The van der Waals surface area contributed by atoms with Crippen LogP contribution in [0.5, 0.6) is 0 Å². The van der Waals surface area contributed by atoms with E-state index < -0.39 is 17.4 Å². The number of carbonyl (C=O) groups is 2. The summed E-state index contributed by atoms with van der Waals surface area (Å²) in [4.78, 5) is 39.7. The van der Waals surface area contributed by atoms with Crippen molar-refractivity contribution < 1.29 is 14.0 Å². The van der Waals surface area contributed by atoms with E-state index in [-0.39, 0.29) is 5.56 Å². The molecule has 0 radical (unpaired) electrons. The lowest BCUT2D eigenvalue weighted by Crippen LogP contribution is -2.43. The normalized spacial score (nSPS) is 10.4. The first-order chi connectivity index (χ1) is 11.5. The summed E-state index contributed by atoms with van der Waals surface area (Å²) in [5.41, 5.74) is 4.09. The Balaban J connectivity index is 1.80. The van der Waals surface area contributed by atoms with E-state index >= 15 is 0 Å². The first-order valence-corrected chi connectivity index (χ1v) is 7.58. The van der Waals surface area contributed by atoms with Gasteiger partial charge in [-0.1, -0.05) is 15.9 Å². The molecule has 2 N–H and O–H groups in total. The third kappa shape index (κ3) is 3.33. The molecule has 0 aliphatic rings. The van der Waals surface area contributed by atoms with E-state index in [1.54, 1.807) is 18.2 Å². The fourth-order valence-corrected chi connectivity index (χ4v) is 2.39. The van der Waals surface area contributed by atoms with E-state index in [0.29, 0.717) is 16.5 Å². The smallest absolute Gasteiger partial charge is 0.349 e. The molecule has 0 bridgehead atoms. The van der Waals surface area contributed by atoms with Gasteiger partial charge in [-0.3, -0.25) is 25.4 Å². The first kappa shape index (κ1) is 15.9. The fourth-order valence-electron chi connectivity index (χ4n) is 2.01. The molecule has 24 heavy (non-hydrogen) atoms. The summed E-state index contributed by atoms with van der Waals surface area (Å²) >= 11 is 3.31. The average molecular weight is 388 g/mol. The van der Waals surface area contributed by atoms with Crippen LogP contribution in [0, 0.1) is 0 Å². The molecule has 1 aromatic carbocycles. The lowest BCUT2D eigenvalue weighted by Gasteiger charge is -2.07. The van der Waals surface area contributed by atoms with E-state index in [1.807, 2.05) is 0 Å². The van der Waals surface area contributed by atoms with Gasteiger partial charge in [0.25, 0.3) is 11.8 Å². The highest BCUT2D eigenvalue weighted by molar-refractivity contribution is 9.10. The van der Waals surface area contributed by atoms with Crippen molar-refractivity contribution in [3.8, 4) is 0 Å². The molecule has 120 valence electrons. The molecule has 2 amide bonds. The molecule has 7 nitrogen and oxygen atoms in total. The number of rotatable bonds is 2. The molecule has 0 fully saturated rings. The fraction of sp³-hybridized carbons (Fsp3) is 0. The van der Waals surface area contributed by atoms with Crippen LogP contribution in [0.4, 0.5) is 0 Å². The van der Waals surface area contributed by atoms with Crippen molar-refractivity contribution in [3.63, 3.8) is 0 Å². The summed E-state index contributed by atoms with van der Waals surface area (Å²) in [7, 11) is 0. The summed E-state index contributed by atoms with van der Waals surface area (Å²) in [6, 6.07) is 9.44. The highest BCUT2D eigenvalue weighted by Gasteiger charge is 2.15. The van der Waals surface area contributed by atoms with Gasteiger partial charge in [-0.25, -0.2) is 4.79 Å². The number of hydrogen-bond donors (Lipinski definition) is 2. The number of amides is 2. The number of nitrogens with zero attached hydrogens (tertiary/aromatic N) is 1. The Bertz CT molecular complexity index is 986. The Kier molecular flexibility index (Phi) is 4.39. The zero-order valence-electron chi connectivity index (χ0n) is 12.1. The lowest BCUT2D eigenvalue weighted by molar-refractivity contribution is 0.0844. The van der Waals surface area contributed by atoms with Crippen molar-refractivity contribution in [3.05, 3.63) is 74.8 Å². The molecule has 8 heteroatoms. The number of hydrogen-bond acceptors (Lipinski definition) is 5. The van der Waals surface area contributed by atoms with Gasteiger partial charge in [0.05, 0.1) is 0 Å². The number of hydrazine groups is 1. The van der Waals surface area contributed by atoms with Crippen LogP contribution in [-0.2, 0) is 0 Å². The maximum absolute atomic E-state index is 12.1. The molecule has 0 aliphatic carbocycles. The van der Waals surface area contributed by atoms with E-state index in [0.717, 1.165) is 4.47 Å². The number of aromatic nitrogens is 1. The SMILES string of the molecule is O=C(NNC(=O)c1cc2cc(Br)ccc2oc1=O)c1ccncc1. The maximum atomic E-state index is 12.1. The number of halogens is 1. The summed E-state index contributed by atoms with van der Waals surface area (Å²) in [5, 5.41) is 0.578. The van der Waals surface area contributed by atoms with Crippen LogP contribution in [0.15, 0.2) is 62.5 Å². The minimum absolute atomic E-state index is 0.212. The molecule has 0 unspecified atom stereocenters. The second-order valence-corrected chi connectivity index (χ2v) is 5.69. The number of benzene rings is 1. The predicted octanol–water partition coefficient (Wildman–Crippen LogP) is 2.03. The van der Waals surface area contributed by atoms with Crippen LogP contribution in [-0.4, -0.2) is 16.8 Å². The summed E-state index contributed by atoms with van der Waals surface area (Å²) < 4.78 is 5.88. The monoisotopic (exact) mass is 387 g/mol. The van der Waals surface area contributed by atoms with Crippen LogP contribution >= 0.6 is 15.9 Å². The summed E-state index contributed by atoms with van der Waals surface area (Å²) in [6.07, 6.45) is 2.90. The standard InChI is InChI=1S/C16H10BrN3O4/c17-11-1-2-13-10(7-11)8-12(16(23)24-13)15(22)20-19-14(21)9-3-5-18-6-4-9/h1-8H,(H,19,21)(H,20,22). The molecule has 0 atom stereocenters. The van der Waals surface area contributed by atoms with Crippen LogP contribution in [0.25, 0.3) is 11.0 Å². The highest BCUT2D eigenvalue weighted by Crippen LogP contribution is 2.19. The van der Waals surface area contributed by atoms with Gasteiger partial charge in [-0.15, -0.1) is 0 Å². The van der Waals surface area contributed by atoms with Crippen molar-refractivity contribution >= 4 is 38.7 Å². The number of nitrogens with one attached hydrogen (secondary N) is 2. The van der Waals surface area contributed by atoms with E-state index in [4.69, 9.17) is 4.42 Å². The number of carbonyl (C=O) groups excluding carboxylic acids is 2. The van der Waals surface area contributed by atoms with Crippen molar-refractivity contribution in [2.45, 2.75) is 0 Å². The molecule has 2 aromatic heterocycles. The Morgan fingerprint density at radius 3 is 2.46 bits per heavy atom. The van der Waals surface area contributed by atoms with E-state index in [2.05, 4.69) is 31.8 Å². The second kappa shape index (κ2) is 6.63. The minimum Gasteiger partial charge on any atom is -0.422 e. The predicted molar refractivity (Wildman–Crippen MR) is 89.4 cm³/mol. The number of fused-ring (bicyclic) bond motifs is 1. The Hall–Kier alpha value is -3.00. The minimum atomic E-state index is -0.791. The van der Waals surface area contributed by atoms with Crippen molar-refractivity contribution in [2.24, 2.45) is 0 Å². The third-order valence-electron chi connectivity index (χ3n) is 3.17. The van der Waals surface area contributed by atoms with Gasteiger partial charge in [-0.05, 0) is 36.4 Å². The lowest BCUT2D eigenvalue weighted by atomic mass is 10.2. The largest absolute Gasteiger partial charge is 0.422 e. The Morgan fingerprint density at radius 1 is 1.00 bits per heavy atom. The van der Waals surface area contributed by atoms with Gasteiger partial charge in [0.1, 0.15) is 11.1 Å². The average Bonchev–Trinajstić information content (AvgIpc) is 2.60. The Labute approximate surface area is 143 Å². The zero-order valence-corrected chi connectivity index (χ0v) is 13.7. The number of pyridine rings is 1. The summed E-state index contributed by atoms with van der Waals surface area (Å²) in [6.45, 7) is 0. The van der Waals surface area contributed by atoms with Crippen molar-refractivity contribution in [2.75, 3.05) is 0 Å². The molecule has 0 saturated carbocycles. The van der Waals surface area contributed by atoms with E-state index in [9.17, 15) is 14.4 Å². The van der Waals surface area contributed by atoms with Gasteiger partial charge in [0.15, 0.2) is 0 Å². The van der Waals surface area contributed by atoms with Gasteiger partial charge >= 0.3 is 5.63 Å². The van der Waals surface area contributed by atoms with Crippen LogP contribution in [0.1, 0.15) is 20.7 Å². The first-order valence-electron chi connectivity index (χ1n) is 6.79. The molecular weight excluding hydrogens is 378 g/mol. The van der Waals surface area contributed by atoms with Crippen molar-refractivity contribution in [1.82, 2.24) is 15.8 Å². The van der Waals surface area contributed by atoms with Gasteiger partial charge < -0.3 is 4.42 Å². The van der Waals surface area contributed by atoms with E-state index in [1.165, 1.54) is 30.6 Å². The third-order valence-corrected chi connectivity index (χ3v) is 3.66. The second-order valence-electron chi connectivity index (χ2n) is 4.77. The molecule has 0 aliphatic heterocycles. The van der Waals surface area contributed by atoms with Crippen LogP contribution in [0.3, 0.4) is 0 Å². The molecule has 3 rings (SSSR count). The molecule has 2 heterocycles. The van der Waals surface area contributed by atoms with Gasteiger partial charge in [0, 0.05) is 27.8 Å². The van der Waals surface area contributed by atoms with Gasteiger partial charge in [0.2, 0.25) is 0 Å². The quantitative estimate of drug-likeness (QED) is 0.517. The summed E-state index contributed by atoms with van der Waals surface area (Å²) in [5.74, 6) is -1.30. The zero-order chi connectivity index (χ0) is 17.1. The Morgan fingerprint density at radius 2 is 1.71 bits per heavy atom. The molecule has 3 aromatic rings. The van der Waals surface area contributed by atoms with Crippen molar-refractivity contribution in [1.29, 1.82) is 0 Å². The highest BCUT2D eigenvalue weighted by atomic mass is 79.9. The van der Waals surface area contributed by atoms with Gasteiger partial charge in [-0.2, -0.15) is 0 Å². The van der Waals surface area contributed by atoms with Crippen LogP contribution in [0.2, 0.25) is 0 Å². The molecule has 0 spiro atoms. The molecular formula is C16H10BrN3O4. The topological polar surface area (TPSA) is 101 Å². The molecule has 0 saturated heterocycles. The maximum Gasteiger partial charge on any atom is 0.349 e. The van der Waals surface area contributed by atoms with Crippen LogP contribution < -0.4 is 16.5 Å².